The van der Waals surface area contributed by atoms with Gasteiger partial charge < -0.3 is 15.4 Å². The maximum Gasteiger partial charge on any atom is 0.150 e. The number of hydrogen-bond acceptors (Lipinski definition) is 4. The van der Waals surface area contributed by atoms with Crippen LogP contribution in [0.5, 0.6) is 0 Å². The summed E-state index contributed by atoms with van der Waals surface area (Å²) in [6.45, 7) is 6.41. The first-order valence-electron chi connectivity index (χ1n) is 6.22. The molecular formula is C12H24N4O. The van der Waals surface area contributed by atoms with Crippen molar-refractivity contribution in [2.45, 2.75) is 26.7 Å². The van der Waals surface area contributed by atoms with Crippen molar-refractivity contribution in [3.05, 3.63) is 5.69 Å². The number of aromatic nitrogens is 2. The summed E-state index contributed by atoms with van der Waals surface area (Å²) in [5.41, 5.74) is 7.92. The van der Waals surface area contributed by atoms with E-state index in [1.54, 1.807) is 0 Å². The van der Waals surface area contributed by atoms with Gasteiger partial charge in [-0.15, -0.1) is 0 Å². The lowest BCUT2D eigenvalue weighted by Crippen LogP contribution is -2.25. The highest BCUT2D eigenvalue weighted by Gasteiger charge is 2.15. The Hall–Kier alpha value is -1.23. The molecular weight excluding hydrogens is 216 g/mol. The molecule has 1 rings (SSSR count). The monoisotopic (exact) mass is 240 g/mol. The molecule has 5 nitrogen and oxygen atoms in total. The van der Waals surface area contributed by atoms with Crippen LogP contribution in [0.25, 0.3) is 0 Å². The number of nitrogens with zero attached hydrogens (tertiary/aromatic N) is 3. The van der Waals surface area contributed by atoms with Crippen LogP contribution in [0.15, 0.2) is 0 Å². The number of nitrogens with two attached hydrogens (primary N) is 1. The molecule has 0 fully saturated rings. The van der Waals surface area contributed by atoms with Crippen LogP contribution in [0.3, 0.4) is 0 Å². The summed E-state index contributed by atoms with van der Waals surface area (Å²) in [5, 5.41) is 4.46. The van der Waals surface area contributed by atoms with Crippen LogP contribution in [-0.4, -0.2) is 36.6 Å². The van der Waals surface area contributed by atoms with Crippen molar-refractivity contribution < 1.29 is 4.74 Å². The molecule has 0 spiro atoms. The summed E-state index contributed by atoms with van der Waals surface area (Å²) in [6, 6.07) is 0. The van der Waals surface area contributed by atoms with Gasteiger partial charge in [0.1, 0.15) is 5.82 Å². The zero-order valence-electron chi connectivity index (χ0n) is 11.4. The summed E-state index contributed by atoms with van der Waals surface area (Å²) in [5.74, 6) is 0.980. The molecule has 98 valence electrons. The standard InChI is InChI=1S/C12H24N4O/c1-5-7-10-11(13)12(16(4)14-10)15(3)8-9-17-6-2/h5-9,13H2,1-4H3. The lowest BCUT2D eigenvalue weighted by Gasteiger charge is -2.19. The fourth-order valence-electron chi connectivity index (χ4n) is 1.91. The van der Waals surface area contributed by atoms with Gasteiger partial charge in [-0.25, -0.2) is 0 Å². The van der Waals surface area contributed by atoms with Crippen LogP contribution in [0.2, 0.25) is 0 Å². The molecule has 0 amide bonds. The first-order valence-corrected chi connectivity index (χ1v) is 6.22. The number of anilines is 2. The minimum atomic E-state index is 0.709. The normalized spacial score (nSPS) is 10.8. The maximum absolute atomic E-state index is 6.13. The van der Waals surface area contributed by atoms with Crippen molar-refractivity contribution in [3.63, 3.8) is 0 Å². The molecule has 0 atom stereocenters. The van der Waals surface area contributed by atoms with Gasteiger partial charge in [0.25, 0.3) is 0 Å². The Morgan fingerprint density at radius 3 is 2.71 bits per heavy atom. The first-order chi connectivity index (χ1) is 8.11. The van der Waals surface area contributed by atoms with E-state index in [4.69, 9.17) is 10.5 Å². The molecule has 0 aliphatic carbocycles. The zero-order chi connectivity index (χ0) is 12.8. The van der Waals surface area contributed by atoms with Gasteiger partial charge in [0.05, 0.1) is 18.0 Å². The Balaban J connectivity index is 2.74. The highest BCUT2D eigenvalue weighted by molar-refractivity contribution is 5.66. The molecule has 1 aromatic rings. The maximum atomic E-state index is 6.13. The second-order valence-corrected chi connectivity index (χ2v) is 4.18. The molecule has 0 saturated carbocycles. The third-order valence-corrected chi connectivity index (χ3v) is 2.75. The van der Waals surface area contributed by atoms with Gasteiger partial charge >= 0.3 is 0 Å². The lowest BCUT2D eigenvalue weighted by molar-refractivity contribution is 0.154. The number of aryl methyl sites for hydroxylation is 2. The van der Waals surface area contributed by atoms with Crippen molar-refractivity contribution >= 4 is 11.5 Å². The van der Waals surface area contributed by atoms with Crippen LogP contribution in [-0.2, 0) is 18.2 Å². The van der Waals surface area contributed by atoms with Gasteiger partial charge in [-0.05, 0) is 13.3 Å². The summed E-state index contributed by atoms with van der Waals surface area (Å²) >= 11 is 0. The lowest BCUT2D eigenvalue weighted by atomic mass is 10.2. The average molecular weight is 240 g/mol. The van der Waals surface area contributed by atoms with Crippen LogP contribution in [0.4, 0.5) is 11.5 Å². The highest BCUT2D eigenvalue weighted by atomic mass is 16.5. The minimum Gasteiger partial charge on any atom is -0.394 e. The number of ether oxygens (including phenoxy) is 1. The zero-order valence-corrected chi connectivity index (χ0v) is 11.4. The van der Waals surface area contributed by atoms with E-state index < -0.39 is 0 Å². The number of likely N-dealkylation sites (N-methyl/N-ethyl adjacent to an activating group) is 1. The molecule has 0 aromatic carbocycles. The second-order valence-electron chi connectivity index (χ2n) is 4.18. The van der Waals surface area contributed by atoms with E-state index in [2.05, 4.69) is 16.9 Å². The van der Waals surface area contributed by atoms with Crippen molar-refractivity contribution in [3.8, 4) is 0 Å². The Labute approximate surface area is 104 Å². The van der Waals surface area contributed by atoms with Crippen LogP contribution in [0, 0.1) is 0 Å². The Morgan fingerprint density at radius 1 is 1.41 bits per heavy atom. The van der Waals surface area contributed by atoms with Gasteiger partial charge in [0.15, 0.2) is 0 Å². The van der Waals surface area contributed by atoms with Crippen LogP contribution < -0.4 is 10.6 Å². The molecule has 5 heteroatoms. The smallest absolute Gasteiger partial charge is 0.150 e. The first kappa shape index (κ1) is 13.8. The Bertz CT molecular complexity index is 349. The van der Waals surface area contributed by atoms with Gasteiger partial charge in [-0.2, -0.15) is 5.10 Å². The van der Waals surface area contributed by atoms with Crippen molar-refractivity contribution in [2.75, 3.05) is 37.4 Å². The summed E-state index contributed by atoms with van der Waals surface area (Å²) in [7, 11) is 3.95. The van der Waals surface area contributed by atoms with E-state index in [1.165, 1.54) is 0 Å². The molecule has 0 unspecified atom stereocenters. The minimum absolute atomic E-state index is 0.709. The van der Waals surface area contributed by atoms with Gasteiger partial charge in [0.2, 0.25) is 0 Å². The molecule has 1 heterocycles. The van der Waals surface area contributed by atoms with Crippen molar-refractivity contribution in [1.82, 2.24) is 9.78 Å². The molecule has 17 heavy (non-hydrogen) atoms. The average Bonchev–Trinajstić information content (AvgIpc) is 2.55. The molecule has 0 aliphatic rings. The quantitative estimate of drug-likeness (QED) is 0.732. The Morgan fingerprint density at radius 2 is 2.12 bits per heavy atom. The van der Waals surface area contributed by atoms with E-state index >= 15 is 0 Å². The fraction of sp³-hybridized carbons (Fsp3) is 0.750. The van der Waals surface area contributed by atoms with E-state index in [0.717, 1.165) is 43.2 Å². The predicted molar refractivity (Wildman–Crippen MR) is 71.4 cm³/mol. The van der Waals surface area contributed by atoms with Crippen LogP contribution >= 0.6 is 0 Å². The molecule has 1 aromatic heterocycles. The van der Waals surface area contributed by atoms with Crippen LogP contribution in [0.1, 0.15) is 26.0 Å². The molecule has 0 saturated heterocycles. The van der Waals surface area contributed by atoms with Gasteiger partial charge in [-0.1, -0.05) is 13.3 Å². The van der Waals surface area contributed by atoms with Gasteiger partial charge in [-0.3, -0.25) is 4.68 Å². The van der Waals surface area contributed by atoms with Gasteiger partial charge in [0, 0.05) is 27.2 Å². The van der Waals surface area contributed by atoms with E-state index in [9.17, 15) is 0 Å². The van der Waals surface area contributed by atoms with Crippen molar-refractivity contribution in [1.29, 1.82) is 0 Å². The molecule has 0 aliphatic heterocycles. The molecule has 2 N–H and O–H groups in total. The van der Waals surface area contributed by atoms with E-state index in [-0.39, 0.29) is 0 Å². The second kappa shape index (κ2) is 6.49. The third-order valence-electron chi connectivity index (χ3n) is 2.75. The number of nitrogen functional groups attached to an aromatic ring is 1. The summed E-state index contributed by atoms with van der Waals surface area (Å²) in [6.07, 6.45) is 1.99. The SMILES string of the molecule is CCCc1nn(C)c(N(C)CCOCC)c1N. The number of hydrogen-bond donors (Lipinski definition) is 1. The molecule has 0 bridgehead atoms. The van der Waals surface area contributed by atoms with Crippen molar-refractivity contribution in [2.24, 2.45) is 7.05 Å². The summed E-state index contributed by atoms with van der Waals surface area (Å²) in [4.78, 5) is 2.09. The van der Waals surface area contributed by atoms with E-state index in [0.29, 0.717) is 6.61 Å². The largest absolute Gasteiger partial charge is 0.394 e. The third kappa shape index (κ3) is 3.36. The molecule has 0 radical (unpaired) electrons. The predicted octanol–water partition coefficient (Wildman–Crippen LogP) is 1.43. The highest BCUT2D eigenvalue weighted by Crippen LogP contribution is 2.25. The Kier molecular flexibility index (Phi) is 5.28. The fourth-order valence-corrected chi connectivity index (χ4v) is 1.91. The topological polar surface area (TPSA) is 56.3 Å². The number of rotatable bonds is 7. The summed E-state index contributed by atoms with van der Waals surface area (Å²) < 4.78 is 7.20. The van der Waals surface area contributed by atoms with E-state index in [1.807, 2.05) is 25.7 Å².